The molecule has 0 aromatic heterocycles. The summed E-state index contributed by atoms with van der Waals surface area (Å²) in [5.41, 5.74) is 0. The van der Waals surface area contributed by atoms with Crippen molar-refractivity contribution in [2.75, 3.05) is 39.9 Å². The third-order valence-corrected chi connectivity index (χ3v) is 2.92. The molecule has 84 valence electrons. The average Bonchev–Trinajstić information content (AvgIpc) is 2.46. The van der Waals surface area contributed by atoms with Crippen LogP contribution in [0.25, 0.3) is 0 Å². The molecule has 1 aliphatic rings. The van der Waals surface area contributed by atoms with E-state index in [-0.39, 0.29) is 0 Å². The summed E-state index contributed by atoms with van der Waals surface area (Å²) in [5, 5.41) is 3.27. The average molecular weight is 200 g/mol. The highest BCUT2D eigenvalue weighted by Crippen LogP contribution is 2.03. The zero-order chi connectivity index (χ0) is 10.2. The molecular formula is C11H24N2O. The van der Waals surface area contributed by atoms with E-state index in [9.17, 15) is 0 Å². The Hall–Kier alpha value is -0.120. The van der Waals surface area contributed by atoms with Crippen LogP contribution in [0.5, 0.6) is 0 Å². The molecule has 0 spiro atoms. The van der Waals surface area contributed by atoms with E-state index in [4.69, 9.17) is 4.74 Å². The third kappa shape index (κ3) is 4.94. The summed E-state index contributed by atoms with van der Waals surface area (Å²) in [7, 11) is 2.03. The van der Waals surface area contributed by atoms with Gasteiger partial charge in [-0.05, 0) is 39.8 Å². The van der Waals surface area contributed by atoms with Crippen LogP contribution in [0.15, 0.2) is 0 Å². The van der Waals surface area contributed by atoms with Gasteiger partial charge in [0, 0.05) is 25.7 Å². The topological polar surface area (TPSA) is 24.5 Å². The molecule has 0 aliphatic carbocycles. The van der Waals surface area contributed by atoms with Crippen molar-refractivity contribution in [3.8, 4) is 0 Å². The quantitative estimate of drug-likeness (QED) is 0.719. The van der Waals surface area contributed by atoms with Gasteiger partial charge in [-0.25, -0.2) is 0 Å². The summed E-state index contributed by atoms with van der Waals surface area (Å²) in [5.74, 6) is 0. The molecule has 0 aromatic carbocycles. The SMILES string of the molecule is CNC(C)CCCN1CCCOCC1. The Morgan fingerprint density at radius 2 is 2.21 bits per heavy atom. The van der Waals surface area contributed by atoms with Gasteiger partial charge in [0.15, 0.2) is 0 Å². The molecule has 1 heterocycles. The number of hydrogen-bond acceptors (Lipinski definition) is 3. The highest BCUT2D eigenvalue weighted by molar-refractivity contribution is 4.63. The zero-order valence-electron chi connectivity index (χ0n) is 9.59. The molecule has 0 radical (unpaired) electrons. The van der Waals surface area contributed by atoms with Crippen LogP contribution in [0.3, 0.4) is 0 Å². The van der Waals surface area contributed by atoms with Crippen molar-refractivity contribution in [2.45, 2.75) is 32.2 Å². The van der Waals surface area contributed by atoms with Gasteiger partial charge in [-0.2, -0.15) is 0 Å². The fourth-order valence-electron chi connectivity index (χ4n) is 1.79. The van der Waals surface area contributed by atoms with Crippen LogP contribution in [-0.4, -0.2) is 50.8 Å². The second-order valence-corrected chi connectivity index (χ2v) is 4.14. The maximum Gasteiger partial charge on any atom is 0.0593 e. The normalized spacial score (nSPS) is 21.9. The lowest BCUT2D eigenvalue weighted by Gasteiger charge is -2.19. The molecule has 1 unspecified atom stereocenters. The van der Waals surface area contributed by atoms with Crippen molar-refractivity contribution in [2.24, 2.45) is 0 Å². The van der Waals surface area contributed by atoms with Gasteiger partial charge in [-0.3, -0.25) is 0 Å². The molecule has 1 atom stereocenters. The van der Waals surface area contributed by atoms with Crippen molar-refractivity contribution in [1.29, 1.82) is 0 Å². The number of ether oxygens (including phenoxy) is 1. The second kappa shape index (κ2) is 7.21. The minimum atomic E-state index is 0.651. The summed E-state index contributed by atoms with van der Waals surface area (Å²) >= 11 is 0. The summed E-state index contributed by atoms with van der Waals surface area (Å²) in [4.78, 5) is 2.52. The molecule has 1 fully saturated rings. The van der Waals surface area contributed by atoms with Crippen LogP contribution in [0.4, 0.5) is 0 Å². The minimum Gasteiger partial charge on any atom is -0.380 e. The fourth-order valence-corrected chi connectivity index (χ4v) is 1.79. The summed E-state index contributed by atoms with van der Waals surface area (Å²) in [6.07, 6.45) is 3.76. The first-order chi connectivity index (χ1) is 6.83. The van der Waals surface area contributed by atoms with E-state index in [1.807, 2.05) is 7.05 Å². The molecule has 1 aliphatic heterocycles. The Kier molecular flexibility index (Phi) is 6.15. The van der Waals surface area contributed by atoms with Crippen molar-refractivity contribution >= 4 is 0 Å². The molecule has 0 aromatic rings. The predicted molar refractivity (Wildman–Crippen MR) is 59.6 cm³/mol. The molecule has 0 bridgehead atoms. The number of nitrogens with one attached hydrogen (secondary N) is 1. The largest absolute Gasteiger partial charge is 0.380 e. The number of hydrogen-bond donors (Lipinski definition) is 1. The Balaban J connectivity index is 2.04. The maximum absolute atomic E-state index is 5.42. The molecule has 0 amide bonds. The van der Waals surface area contributed by atoms with E-state index in [1.54, 1.807) is 0 Å². The van der Waals surface area contributed by atoms with Crippen molar-refractivity contribution in [1.82, 2.24) is 10.2 Å². The number of nitrogens with zero attached hydrogens (tertiary/aromatic N) is 1. The predicted octanol–water partition coefficient (Wildman–Crippen LogP) is 1.10. The molecular weight excluding hydrogens is 176 g/mol. The second-order valence-electron chi connectivity index (χ2n) is 4.14. The van der Waals surface area contributed by atoms with Crippen molar-refractivity contribution in [3.63, 3.8) is 0 Å². The molecule has 1 N–H and O–H groups in total. The standard InChI is InChI=1S/C11H24N2O/c1-11(12-2)5-3-6-13-7-4-9-14-10-8-13/h11-12H,3-10H2,1-2H3. The highest BCUT2D eigenvalue weighted by atomic mass is 16.5. The molecule has 3 nitrogen and oxygen atoms in total. The van der Waals surface area contributed by atoms with E-state index < -0.39 is 0 Å². The Morgan fingerprint density at radius 1 is 1.36 bits per heavy atom. The summed E-state index contributed by atoms with van der Waals surface area (Å²) < 4.78 is 5.42. The van der Waals surface area contributed by atoms with Gasteiger partial charge < -0.3 is 15.0 Å². The molecule has 1 saturated heterocycles. The van der Waals surface area contributed by atoms with Crippen LogP contribution in [0.2, 0.25) is 0 Å². The first kappa shape index (κ1) is 12.0. The fraction of sp³-hybridized carbons (Fsp3) is 1.00. The van der Waals surface area contributed by atoms with Gasteiger partial charge in [0.05, 0.1) is 6.61 Å². The molecule has 1 rings (SSSR count). The maximum atomic E-state index is 5.42. The van der Waals surface area contributed by atoms with Crippen LogP contribution < -0.4 is 5.32 Å². The van der Waals surface area contributed by atoms with Gasteiger partial charge in [0.25, 0.3) is 0 Å². The monoisotopic (exact) mass is 200 g/mol. The van der Waals surface area contributed by atoms with Crippen LogP contribution in [-0.2, 0) is 4.74 Å². The Bertz CT molecular complexity index is 133. The number of rotatable bonds is 5. The van der Waals surface area contributed by atoms with E-state index in [1.165, 1.54) is 32.4 Å². The first-order valence-corrected chi connectivity index (χ1v) is 5.80. The minimum absolute atomic E-state index is 0.651. The van der Waals surface area contributed by atoms with Crippen LogP contribution >= 0.6 is 0 Å². The lowest BCUT2D eigenvalue weighted by Crippen LogP contribution is -2.29. The zero-order valence-corrected chi connectivity index (χ0v) is 9.59. The summed E-state index contributed by atoms with van der Waals surface area (Å²) in [6, 6.07) is 0.651. The Morgan fingerprint density at radius 3 is 3.00 bits per heavy atom. The highest BCUT2D eigenvalue weighted by Gasteiger charge is 2.08. The molecule has 0 saturated carbocycles. The lowest BCUT2D eigenvalue weighted by atomic mass is 10.2. The molecule has 14 heavy (non-hydrogen) atoms. The summed E-state index contributed by atoms with van der Waals surface area (Å²) in [6.45, 7) is 7.67. The molecule has 3 heteroatoms. The lowest BCUT2D eigenvalue weighted by molar-refractivity contribution is 0.141. The van der Waals surface area contributed by atoms with Gasteiger partial charge >= 0.3 is 0 Å². The smallest absolute Gasteiger partial charge is 0.0593 e. The van der Waals surface area contributed by atoms with Gasteiger partial charge in [0.1, 0.15) is 0 Å². The third-order valence-electron chi connectivity index (χ3n) is 2.92. The van der Waals surface area contributed by atoms with E-state index in [2.05, 4.69) is 17.1 Å². The van der Waals surface area contributed by atoms with E-state index >= 15 is 0 Å². The van der Waals surface area contributed by atoms with E-state index in [0.29, 0.717) is 6.04 Å². The Labute approximate surface area is 87.8 Å². The van der Waals surface area contributed by atoms with E-state index in [0.717, 1.165) is 19.8 Å². The first-order valence-electron chi connectivity index (χ1n) is 5.80. The van der Waals surface area contributed by atoms with Gasteiger partial charge in [-0.1, -0.05) is 0 Å². The van der Waals surface area contributed by atoms with Crippen LogP contribution in [0.1, 0.15) is 26.2 Å². The van der Waals surface area contributed by atoms with Crippen molar-refractivity contribution in [3.05, 3.63) is 0 Å². The van der Waals surface area contributed by atoms with Gasteiger partial charge in [-0.15, -0.1) is 0 Å². The van der Waals surface area contributed by atoms with Gasteiger partial charge in [0.2, 0.25) is 0 Å². The van der Waals surface area contributed by atoms with Crippen molar-refractivity contribution < 1.29 is 4.74 Å². The van der Waals surface area contributed by atoms with Crippen LogP contribution in [0, 0.1) is 0 Å².